The molecular formula is C28H38ClN3O4. The molecule has 0 heterocycles. The number of anilines is 1. The summed E-state index contributed by atoms with van der Waals surface area (Å²) in [6.07, 6.45) is -0.0863. The molecule has 0 aliphatic rings. The van der Waals surface area contributed by atoms with Gasteiger partial charge in [-0.05, 0) is 72.1 Å². The van der Waals surface area contributed by atoms with Gasteiger partial charge in [-0.15, -0.1) is 0 Å². The molecule has 0 aliphatic carbocycles. The van der Waals surface area contributed by atoms with Crippen LogP contribution in [0.3, 0.4) is 0 Å². The van der Waals surface area contributed by atoms with E-state index in [4.69, 9.17) is 16.3 Å². The lowest BCUT2D eigenvalue weighted by molar-refractivity contribution is -0.140. The van der Waals surface area contributed by atoms with E-state index in [1.165, 1.54) is 4.90 Å². The number of hydrogen-bond acceptors (Lipinski definition) is 4. The summed E-state index contributed by atoms with van der Waals surface area (Å²) >= 11 is 6.39. The summed E-state index contributed by atoms with van der Waals surface area (Å²) in [5.74, 6) is -0.785. The minimum atomic E-state index is -0.942. The summed E-state index contributed by atoms with van der Waals surface area (Å²) in [6, 6.07) is 9.96. The number of para-hydroxylation sites is 1. The molecule has 3 amide bonds. The zero-order valence-corrected chi connectivity index (χ0v) is 23.2. The Bertz CT molecular complexity index is 1070. The van der Waals surface area contributed by atoms with Crippen molar-refractivity contribution >= 4 is 35.2 Å². The predicted octanol–water partition coefficient (Wildman–Crippen LogP) is 6.10. The number of benzene rings is 2. The fourth-order valence-electron chi connectivity index (χ4n) is 3.98. The SMILES string of the molecule is CCC(C)N(C(=O)CNC(=O)OC(C)(C)C)C(C(=O)Nc1c(C)cccc1Cl)c1cc(C)cc(C)c1. The average Bonchev–Trinajstić information content (AvgIpc) is 2.75. The summed E-state index contributed by atoms with van der Waals surface area (Å²) in [6.45, 7) is 14.5. The van der Waals surface area contributed by atoms with Crippen LogP contribution in [0.4, 0.5) is 10.5 Å². The molecule has 0 saturated carbocycles. The van der Waals surface area contributed by atoms with Crippen molar-refractivity contribution in [1.29, 1.82) is 0 Å². The van der Waals surface area contributed by atoms with Crippen molar-refractivity contribution in [3.8, 4) is 0 Å². The number of carbonyl (C=O) groups is 3. The van der Waals surface area contributed by atoms with E-state index in [1.807, 2.05) is 65.0 Å². The van der Waals surface area contributed by atoms with Crippen LogP contribution in [-0.2, 0) is 14.3 Å². The van der Waals surface area contributed by atoms with Crippen LogP contribution in [-0.4, -0.2) is 41.0 Å². The second-order valence-electron chi connectivity index (χ2n) is 10.2. The highest BCUT2D eigenvalue weighted by Crippen LogP contribution is 2.31. The zero-order chi connectivity index (χ0) is 27.2. The molecule has 8 heteroatoms. The summed E-state index contributed by atoms with van der Waals surface area (Å²) < 4.78 is 5.27. The van der Waals surface area contributed by atoms with Gasteiger partial charge in [0.1, 0.15) is 18.2 Å². The number of aryl methyl sites for hydroxylation is 3. The van der Waals surface area contributed by atoms with Gasteiger partial charge in [0.25, 0.3) is 5.91 Å². The molecule has 0 bridgehead atoms. The van der Waals surface area contributed by atoms with Gasteiger partial charge in [0.15, 0.2) is 0 Å². The molecule has 2 atom stereocenters. The molecule has 2 rings (SSSR count). The minimum absolute atomic E-state index is 0.290. The molecule has 0 spiro atoms. The number of halogens is 1. The first-order valence-electron chi connectivity index (χ1n) is 12.2. The number of rotatable bonds is 8. The second kappa shape index (κ2) is 12.3. The van der Waals surface area contributed by atoms with Crippen LogP contribution in [0.15, 0.2) is 36.4 Å². The van der Waals surface area contributed by atoms with Gasteiger partial charge < -0.3 is 20.3 Å². The number of carbonyl (C=O) groups excluding carboxylic acids is 3. The Balaban J connectivity index is 2.49. The van der Waals surface area contributed by atoms with Gasteiger partial charge in [-0.3, -0.25) is 9.59 Å². The smallest absolute Gasteiger partial charge is 0.408 e. The summed E-state index contributed by atoms with van der Waals surface area (Å²) in [5, 5.41) is 5.89. The van der Waals surface area contributed by atoms with E-state index < -0.39 is 23.6 Å². The van der Waals surface area contributed by atoms with Crippen LogP contribution in [0, 0.1) is 20.8 Å². The van der Waals surface area contributed by atoms with Gasteiger partial charge in [0.05, 0.1) is 10.7 Å². The minimum Gasteiger partial charge on any atom is -0.444 e. The number of hydrogen-bond donors (Lipinski definition) is 2. The molecule has 2 aromatic rings. The highest BCUT2D eigenvalue weighted by Gasteiger charge is 2.35. The largest absolute Gasteiger partial charge is 0.444 e. The standard InChI is InChI=1S/C28H38ClN3O4/c1-9-20(5)32(23(33)16-30-27(35)36-28(6,7)8)25(21-14-17(2)13-18(3)15-21)26(34)31-24-19(4)11-10-12-22(24)29/h10-15,20,25H,9,16H2,1-8H3,(H,30,35)(H,31,34). The number of alkyl carbamates (subject to hydrolysis) is 1. The molecule has 2 aromatic carbocycles. The Morgan fingerprint density at radius 1 is 1.06 bits per heavy atom. The van der Waals surface area contributed by atoms with E-state index >= 15 is 0 Å². The van der Waals surface area contributed by atoms with Crippen LogP contribution in [0.25, 0.3) is 0 Å². The van der Waals surface area contributed by atoms with E-state index in [2.05, 4.69) is 10.6 Å². The lowest BCUT2D eigenvalue weighted by Gasteiger charge is -2.36. The second-order valence-corrected chi connectivity index (χ2v) is 10.6. The van der Waals surface area contributed by atoms with Crippen molar-refractivity contribution in [3.05, 3.63) is 63.7 Å². The Kier molecular flexibility index (Phi) is 9.93. The van der Waals surface area contributed by atoms with Crippen LogP contribution >= 0.6 is 11.6 Å². The fourth-order valence-corrected chi connectivity index (χ4v) is 4.25. The number of nitrogens with zero attached hydrogens (tertiary/aromatic N) is 1. The number of nitrogens with one attached hydrogen (secondary N) is 2. The predicted molar refractivity (Wildman–Crippen MR) is 144 cm³/mol. The third kappa shape index (κ3) is 7.98. The summed E-state index contributed by atoms with van der Waals surface area (Å²) in [5.41, 5.74) is 3.24. The summed E-state index contributed by atoms with van der Waals surface area (Å²) in [4.78, 5) is 41.1. The van der Waals surface area contributed by atoms with E-state index in [-0.39, 0.29) is 18.5 Å². The molecule has 36 heavy (non-hydrogen) atoms. The Morgan fingerprint density at radius 3 is 2.19 bits per heavy atom. The molecule has 2 unspecified atom stereocenters. The van der Waals surface area contributed by atoms with E-state index in [0.29, 0.717) is 22.7 Å². The maximum Gasteiger partial charge on any atom is 0.408 e. The lowest BCUT2D eigenvalue weighted by atomic mass is 9.97. The van der Waals surface area contributed by atoms with Crippen LogP contribution in [0.1, 0.15) is 69.3 Å². The van der Waals surface area contributed by atoms with Crippen molar-refractivity contribution in [2.45, 2.75) is 79.5 Å². The maximum atomic E-state index is 13.9. The number of amides is 3. The molecule has 0 saturated heterocycles. The monoisotopic (exact) mass is 515 g/mol. The Labute approximate surface area is 219 Å². The van der Waals surface area contributed by atoms with Crippen molar-refractivity contribution < 1.29 is 19.1 Å². The Hall–Kier alpha value is -3.06. The highest BCUT2D eigenvalue weighted by molar-refractivity contribution is 6.34. The first-order valence-corrected chi connectivity index (χ1v) is 12.5. The Morgan fingerprint density at radius 2 is 1.67 bits per heavy atom. The normalized spacial score (nSPS) is 12.9. The third-order valence-corrected chi connectivity index (χ3v) is 6.01. The molecule has 0 radical (unpaired) electrons. The molecule has 0 fully saturated rings. The van der Waals surface area contributed by atoms with Gasteiger partial charge in [0, 0.05) is 6.04 Å². The van der Waals surface area contributed by atoms with Crippen molar-refractivity contribution in [1.82, 2.24) is 10.2 Å². The highest BCUT2D eigenvalue weighted by atomic mass is 35.5. The van der Waals surface area contributed by atoms with Crippen LogP contribution < -0.4 is 10.6 Å². The van der Waals surface area contributed by atoms with Gasteiger partial charge in [0.2, 0.25) is 5.91 Å². The molecule has 2 N–H and O–H groups in total. The van der Waals surface area contributed by atoms with Gasteiger partial charge >= 0.3 is 6.09 Å². The van der Waals surface area contributed by atoms with Crippen LogP contribution in [0.5, 0.6) is 0 Å². The lowest BCUT2D eigenvalue weighted by Crippen LogP contribution is -2.50. The van der Waals surface area contributed by atoms with Crippen LogP contribution in [0.2, 0.25) is 5.02 Å². The molecular weight excluding hydrogens is 478 g/mol. The van der Waals surface area contributed by atoms with Crippen molar-refractivity contribution in [3.63, 3.8) is 0 Å². The van der Waals surface area contributed by atoms with E-state index in [9.17, 15) is 14.4 Å². The van der Waals surface area contributed by atoms with Crippen molar-refractivity contribution in [2.24, 2.45) is 0 Å². The first-order chi connectivity index (χ1) is 16.7. The molecule has 0 aliphatic heterocycles. The average molecular weight is 516 g/mol. The first kappa shape index (κ1) is 29.2. The van der Waals surface area contributed by atoms with Gasteiger partial charge in [-0.25, -0.2) is 4.79 Å². The third-order valence-electron chi connectivity index (χ3n) is 5.69. The quantitative estimate of drug-likeness (QED) is 0.445. The van der Waals surface area contributed by atoms with Gasteiger partial charge in [-0.1, -0.05) is 60.0 Å². The molecule has 196 valence electrons. The maximum absolute atomic E-state index is 13.9. The molecule has 0 aromatic heterocycles. The topological polar surface area (TPSA) is 87.7 Å². The molecule has 7 nitrogen and oxygen atoms in total. The van der Waals surface area contributed by atoms with E-state index in [0.717, 1.165) is 16.7 Å². The van der Waals surface area contributed by atoms with E-state index in [1.54, 1.807) is 26.8 Å². The van der Waals surface area contributed by atoms with Gasteiger partial charge in [-0.2, -0.15) is 0 Å². The fraction of sp³-hybridized carbons (Fsp3) is 0.464. The summed E-state index contributed by atoms with van der Waals surface area (Å²) in [7, 11) is 0. The number of ether oxygens (including phenoxy) is 1. The van der Waals surface area contributed by atoms with Crippen molar-refractivity contribution in [2.75, 3.05) is 11.9 Å². The zero-order valence-electron chi connectivity index (χ0n) is 22.5.